The number of amides is 3. The molecular formula is C31H17ClF5N7O2. The van der Waals surface area contributed by atoms with Gasteiger partial charge in [0.15, 0.2) is 11.3 Å². The summed E-state index contributed by atoms with van der Waals surface area (Å²) in [5.41, 5.74) is 0.646. The summed E-state index contributed by atoms with van der Waals surface area (Å²) in [4.78, 5) is 32.5. The van der Waals surface area contributed by atoms with Crippen molar-refractivity contribution in [2.24, 2.45) is 0 Å². The molecule has 0 radical (unpaired) electrons. The second kappa shape index (κ2) is 10.5. The smallest absolute Gasteiger partial charge is 0.327 e. The van der Waals surface area contributed by atoms with Gasteiger partial charge in [0.2, 0.25) is 0 Å². The van der Waals surface area contributed by atoms with Gasteiger partial charge in [-0.15, -0.1) is 0 Å². The Hall–Kier alpha value is -5.55. The van der Waals surface area contributed by atoms with Gasteiger partial charge in [-0.25, -0.2) is 23.1 Å². The molecule has 4 heterocycles. The van der Waals surface area contributed by atoms with E-state index in [0.29, 0.717) is 46.6 Å². The number of carbonyl (C=O) groups excluding carboxylic acids is 2. The summed E-state index contributed by atoms with van der Waals surface area (Å²) in [6.45, 7) is 0.203. The quantitative estimate of drug-likeness (QED) is 0.212. The number of halogens is 6. The lowest BCUT2D eigenvalue weighted by Gasteiger charge is -2.35. The van der Waals surface area contributed by atoms with Crippen LogP contribution in [0.5, 0.6) is 0 Å². The molecule has 2 N–H and O–H groups in total. The maximum Gasteiger partial charge on any atom is 0.416 e. The van der Waals surface area contributed by atoms with E-state index in [1.807, 2.05) is 0 Å². The second-order valence-corrected chi connectivity index (χ2v) is 11.0. The molecule has 3 aromatic carbocycles. The molecule has 0 bridgehead atoms. The summed E-state index contributed by atoms with van der Waals surface area (Å²) in [7, 11) is 0. The fourth-order valence-electron chi connectivity index (χ4n) is 6.00. The van der Waals surface area contributed by atoms with Crippen molar-refractivity contribution < 1.29 is 31.5 Å². The normalized spacial score (nSPS) is 15.5. The van der Waals surface area contributed by atoms with Crippen molar-refractivity contribution in [3.63, 3.8) is 0 Å². The number of rotatable bonds is 4. The molecule has 0 saturated heterocycles. The van der Waals surface area contributed by atoms with Crippen LogP contribution in [0.25, 0.3) is 16.8 Å². The Morgan fingerprint density at radius 3 is 2.63 bits per heavy atom. The first-order valence-corrected chi connectivity index (χ1v) is 14.0. The lowest BCUT2D eigenvalue weighted by molar-refractivity contribution is -0.137. The Morgan fingerprint density at radius 1 is 1.07 bits per heavy atom. The number of nitrogens with zero attached hydrogens (tertiary/aromatic N) is 5. The molecule has 46 heavy (non-hydrogen) atoms. The number of alkyl halides is 3. The molecule has 3 amide bonds. The minimum atomic E-state index is -4.93. The summed E-state index contributed by atoms with van der Waals surface area (Å²) in [6, 6.07) is 10.2. The van der Waals surface area contributed by atoms with Gasteiger partial charge in [0, 0.05) is 39.5 Å². The van der Waals surface area contributed by atoms with Crippen LogP contribution in [0.15, 0.2) is 60.9 Å². The topological polar surface area (TPSA) is 115 Å². The van der Waals surface area contributed by atoms with Crippen LogP contribution < -0.4 is 15.5 Å². The zero-order valence-electron chi connectivity index (χ0n) is 23.1. The van der Waals surface area contributed by atoms with E-state index in [0.717, 1.165) is 12.1 Å². The molecule has 230 valence electrons. The van der Waals surface area contributed by atoms with Crippen molar-refractivity contribution in [3.05, 3.63) is 111 Å². The number of carbonyl (C=O) groups is 2. The molecule has 0 unspecified atom stereocenters. The van der Waals surface area contributed by atoms with Crippen molar-refractivity contribution in [1.82, 2.24) is 19.9 Å². The summed E-state index contributed by atoms with van der Waals surface area (Å²) in [5.74, 6) is -3.03. The molecule has 0 fully saturated rings. The first kappa shape index (κ1) is 29.2. The van der Waals surface area contributed by atoms with E-state index in [1.165, 1.54) is 27.9 Å². The van der Waals surface area contributed by atoms with Gasteiger partial charge in [0.25, 0.3) is 5.91 Å². The number of pyridine rings is 1. The van der Waals surface area contributed by atoms with Crippen LogP contribution in [0.4, 0.5) is 38.1 Å². The van der Waals surface area contributed by atoms with Crippen molar-refractivity contribution >= 4 is 40.6 Å². The van der Waals surface area contributed by atoms with Crippen molar-refractivity contribution in [2.45, 2.75) is 18.6 Å². The Morgan fingerprint density at radius 2 is 1.87 bits per heavy atom. The highest BCUT2D eigenvalue weighted by molar-refractivity contribution is 6.31. The summed E-state index contributed by atoms with van der Waals surface area (Å²) < 4.78 is 70.5. The van der Waals surface area contributed by atoms with Gasteiger partial charge >= 0.3 is 12.2 Å². The highest BCUT2D eigenvalue weighted by atomic mass is 35.5. The fourth-order valence-corrected chi connectivity index (χ4v) is 6.22. The zero-order chi connectivity index (χ0) is 32.5. The Bertz CT molecular complexity index is 2180. The third-order valence-electron chi connectivity index (χ3n) is 7.94. The monoisotopic (exact) mass is 649 g/mol. The molecule has 2 aliphatic rings. The number of urea groups is 1. The fraction of sp³-hybridized carbons (Fsp3) is 0.129. The molecule has 0 spiro atoms. The Balaban J connectivity index is 1.48. The highest BCUT2D eigenvalue weighted by Gasteiger charge is 2.41. The van der Waals surface area contributed by atoms with E-state index in [-0.39, 0.29) is 40.1 Å². The number of aromatic nitrogens is 3. The number of hydrogen-bond acceptors (Lipinski definition) is 5. The summed E-state index contributed by atoms with van der Waals surface area (Å²) >= 11 is 6.46. The standard InChI is InChI=1S/C31H17ClF5N7O2/c32-22-3-1-16(33)10-21(22)27-26-23(41-29(45)14-7-15(31(35,36)37)9-17(34)8-14)11-20(19-5-6-43(28(19)26)30(46)42-27)18-2-4-25-39-13-40-44(25)24(18)12-38/h1-4,7-11,13,27H,5-6H2,(H,41,45)(H,42,46)/t27-/m1/s1. The van der Waals surface area contributed by atoms with Gasteiger partial charge in [0.1, 0.15) is 24.0 Å². The van der Waals surface area contributed by atoms with Crippen LogP contribution in [-0.2, 0) is 12.6 Å². The van der Waals surface area contributed by atoms with Gasteiger partial charge < -0.3 is 10.6 Å². The first-order valence-electron chi connectivity index (χ1n) is 13.6. The maximum absolute atomic E-state index is 14.5. The van der Waals surface area contributed by atoms with Gasteiger partial charge in [-0.1, -0.05) is 11.6 Å². The first-order chi connectivity index (χ1) is 21.9. The van der Waals surface area contributed by atoms with Crippen LogP contribution in [0.3, 0.4) is 0 Å². The second-order valence-electron chi connectivity index (χ2n) is 10.6. The minimum Gasteiger partial charge on any atom is -0.327 e. The van der Waals surface area contributed by atoms with Crippen LogP contribution in [0.2, 0.25) is 5.02 Å². The van der Waals surface area contributed by atoms with Crippen molar-refractivity contribution in [1.29, 1.82) is 5.26 Å². The van der Waals surface area contributed by atoms with Gasteiger partial charge in [0.05, 0.1) is 17.3 Å². The summed E-state index contributed by atoms with van der Waals surface area (Å²) in [6.07, 6.45) is -3.34. The van der Waals surface area contributed by atoms with E-state index < -0.39 is 46.9 Å². The van der Waals surface area contributed by atoms with Crippen LogP contribution in [0, 0.1) is 23.0 Å². The van der Waals surface area contributed by atoms with Crippen LogP contribution in [0.1, 0.15) is 44.3 Å². The molecule has 9 nitrogen and oxygen atoms in total. The molecule has 15 heteroatoms. The molecular weight excluding hydrogens is 633 g/mol. The van der Waals surface area contributed by atoms with E-state index in [4.69, 9.17) is 11.6 Å². The molecule has 0 saturated carbocycles. The van der Waals surface area contributed by atoms with Crippen molar-refractivity contribution in [3.8, 4) is 17.2 Å². The van der Waals surface area contributed by atoms with E-state index in [9.17, 15) is 36.8 Å². The predicted octanol–water partition coefficient (Wildman–Crippen LogP) is 6.65. The minimum absolute atomic E-state index is 0.00336. The molecule has 2 aromatic heterocycles. The Kier molecular flexibility index (Phi) is 6.67. The third-order valence-corrected chi connectivity index (χ3v) is 8.29. The van der Waals surface area contributed by atoms with Crippen LogP contribution in [-0.4, -0.2) is 33.1 Å². The largest absolute Gasteiger partial charge is 0.416 e. The van der Waals surface area contributed by atoms with E-state index >= 15 is 0 Å². The molecule has 1 atom stereocenters. The Labute approximate surface area is 260 Å². The average molecular weight is 650 g/mol. The number of nitriles is 1. The van der Waals surface area contributed by atoms with E-state index in [2.05, 4.69) is 26.8 Å². The molecule has 2 aliphatic heterocycles. The number of anilines is 2. The maximum atomic E-state index is 14.5. The number of benzene rings is 3. The average Bonchev–Trinajstić information content (AvgIpc) is 3.68. The highest BCUT2D eigenvalue weighted by Crippen LogP contribution is 2.50. The lowest BCUT2D eigenvalue weighted by atomic mass is 9.87. The third kappa shape index (κ3) is 4.67. The lowest BCUT2D eigenvalue weighted by Crippen LogP contribution is -2.46. The van der Waals surface area contributed by atoms with Gasteiger partial charge in [-0.3, -0.25) is 9.69 Å². The number of hydrogen-bond donors (Lipinski definition) is 2. The van der Waals surface area contributed by atoms with Gasteiger partial charge in [-0.2, -0.15) is 23.5 Å². The van der Waals surface area contributed by atoms with Crippen molar-refractivity contribution in [2.75, 3.05) is 16.8 Å². The number of fused-ring (bicyclic) bond motifs is 1. The molecule has 5 aromatic rings. The molecule has 0 aliphatic carbocycles. The SMILES string of the molecule is N#Cc1c(-c2cc(NC(=O)c3cc(F)cc(C(F)(F)F)c3)c3c4c2CCN4C(=O)N[C@@H]3c2cc(F)ccc2Cl)ccc2ncnn12. The molecule has 7 rings (SSSR count). The van der Waals surface area contributed by atoms with Crippen LogP contribution >= 0.6 is 11.6 Å². The predicted molar refractivity (Wildman–Crippen MR) is 155 cm³/mol. The zero-order valence-corrected chi connectivity index (χ0v) is 23.8. The van der Waals surface area contributed by atoms with Gasteiger partial charge in [-0.05, 0) is 72.1 Å². The number of nitrogens with one attached hydrogen (secondary N) is 2. The van der Waals surface area contributed by atoms with E-state index in [1.54, 1.807) is 12.1 Å². The summed E-state index contributed by atoms with van der Waals surface area (Å²) in [5, 5.41) is 19.7.